The molecule has 4 aromatic carbocycles. The Morgan fingerprint density at radius 3 is 0.460 bits per heavy atom. The van der Waals surface area contributed by atoms with Crippen LogP contribution in [-0.4, -0.2) is 59.8 Å². The molecule has 4 aliphatic rings. The minimum atomic E-state index is 0.846. The van der Waals surface area contributed by atoms with Crippen LogP contribution in [0.25, 0.3) is 182 Å². The SMILES string of the molecule is C1=Cc2nc1c(-c1ccncc1)c1ccc([nH]1)c(-c1ccncc1)c1nc(c(-c3ccncc3)c3ccc([nH]3)c2-c2ccncc2)C=C1.Cc1ccc(-c2c3nc(c(-c4ccc(C)cc4)c4ccc([nH]4)c(-c4ccc(C)cc4)c4nc(c(-c5ccc(C)cc5)c5ccc2[nH]5)C=C4)C=C3)cc1. The zero-order valence-electron chi connectivity index (χ0n) is 55.3. The number of H-pyrrole nitrogens is 4. The lowest BCUT2D eigenvalue weighted by molar-refractivity contribution is 1.29. The second-order valence-corrected chi connectivity index (χ2v) is 25.4. The van der Waals surface area contributed by atoms with Gasteiger partial charge in [-0.25, -0.2) is 19.9 Å². The topological polar surface area (TPSA) is 166 Å². The molecule has 4 N–H and O–H groups in total. The van der Waals surface area contributed by atoms with Crippen LogP contribution in [0.2, 0.25) is 0 Å². The van der Waals surface area contributed by atoms with Gasteiger partial charge in [-0.15, -0.1) is 0 Å². The summed E-state index contributed by atoms with van der Waals surface area (Å²) in [7, 11) is 0. The summed E-state index contributed by atoms with van der Waals surface area (Å²) in [5.74, 6) is 0. The molecule has 0 spiro atoms. The molecular weight excluding hydrogens is 1230 g/mol. The summed E-state index contributed by atoms with van der Waals surface area (Å²) in [6.45, 7) is 8.49. The smallest absolute Gasteiger partial charge is 0.0737 e. The van der Waals surface area contributed by atoms with Gasteiger partial charge in [-0.1, -0.05) is 119 Å². The van der Waals surface area contributed by atoms with Crippen LogP contribution in [0, 0.1) is 27.7 Å². The fourth-order valence-corrected chi connectivity index (χ4v) is 13.8. The highest BCUT2D eigenvalue weighted by Crippen LogP contribution is 2.42. The van der Waals surface area contributed by atoms with Crippen molar-refractivity contribution in [3.05, 3.63) is 312 Å². The average Bonchev–Trinajstić information content (AvgIpc) is 1.62. The molecule has 10 aromatic heterocycles. The van der Waals surface area contributed by atoms with E-state index in [2.05, 4.69) is 262 Å². The maximum atomic E-state index is 5.41. The standard InChI is InChI=1S/C48H38N4.C40H26N8/c1-29-5-13-33(14-6-29)45-37-21-23-39(49-37)46(34-15-7-30(2)8-16-34)41-25-27-43(51-41)48(36-19-11-32(4)12-20-36)44-28-26-42(52-44)47(40-24-22-38(45)50-40)35-17-9-31(3)10-18-35;1-2-30-38(26-11-19-42-20-12-26)32-5-6-34(47-32)40(28-15-23-44-24-16-28)36-8-7-35(48-36)39(27-13-21-43-22-14-27)33-4-3-31(46-33)37(29(1)45-30)25-9-17-41-18-10-25/h5-28,49,52H,1-4H3;1-24,45,48H. The van der Waals surface area contributed by atoms with Crippen molar-refractivity contribution in [2.45, 2.75) is 27.7 Å². The van der Waals surface area contributed by atoms with Gasteiger partial charge in [0.25, 0.3) is 0 Å². The molecule has 100 heavy (non-hydrogen) atoms. The number of aromatic amines is 4. The van der Waals surface area contributed by atoms with Crippen molar-refractivity contribution in [3.8, 4) is 89.0 Å². The van der Waals surface area contributed by atoms with E-state index in [0.29, 0.717) is 0 Å². The molecule has 0 aliphatic carbocycles. The summed E-state index contributed by atoms with van der Waals surface area (Å²) in [5, 5.41) is 0. The highest BCUT2D eigenvalue weighted by atomic mass is 14.8. The van der Waals surface area contributed by atoms with Gasteiger partial charge in [0.2, 0.25) is 0 Å². The monoisotopic (exact) mass is 1290 g/mol. The van der Waals surface area contributed by atoms with Gasteiger partial charge in [-0.3, -0.25) is 19.9 Å². The number of pyridine rings is 4. The minimum absolute atomic E-state index is 0.846. The summed E-state index contributed by atoms with van der Waals surface area (Å²) in [5.41, 5.74) is 36.2. The van der Waals surface area contributed by atoms with Crippen LogP contribution in [-0.2, 0) is 0 Å². The maximum absolute atomic E-state index is 5.41. The van der Waals surface area contributed by atoms with Crippen LogP contribution in [0.1, 0.15) is 67.8 Å². The summed E-state index contributed by atoms with van der Waals surface area (Å²) in [4.78, 5) is 53.7. The van der Waals surface area contributed by atoms with E-state index < -0.39 is 0 Å². The van der Waals surface area contributed by atoms with Crippen LogP contribution >= 0.6 is 0 Å². The first-order chi connectivity index (χ1) is 49.2. The van der Waals surface area contributed by atoms with Crippen molar-refractivity contribution < 1.29 is 0 Å². The van der Waals surface area contributed by atoms with E-state index in [1.165, 1.54) is 22.3 Å². The third kappa shape index (κ3) is 11.5. The van der Waals surface area contributed by atoms with Gasteiger partial charge in [0.1, 0.15) is 0 Å². The second-order valence-electron chi connectivity index (χ2n) is 25.4. The summed E-state index contributed by atoms with van der Waals surface area (Å²) < 4.78 is 0. The van der Waals surface area contributed by atoms with Crippen molar-refractivity contribution >= 4 is 92.7 Å². The zero-order valence-corrected chi connectivity index (χ0v) is 55.3. The fourth-order valence-electron chi connectivity index (χ4n) is 13.8. The molecular formula is C88H64N12. The van der Waals surface area contributed by atoms with Gasteiger partial charge in [0, 0.05) is 138 Å². The van der Waals surface area contributed by atoms with Crippen LogP contribution < -0.4 is 0 Å². The molecule has 14 aromatic rings. The Balaban J connectivity index is 0.000000150. The van der Waals surface area contributed by atoms with E-state index in [4.69, 9.17) is 19.9 Å². The molecule has 0 unspecified atom stereocenters. The van der Waals surface area contributed by atoms with Crippen LogP contribution in [0.4, 0.5) is 0 Å². The molecule has 16 bridgehead atoms. The second kappa shape index (κ2) is 25.7. The third-order valence-corrected chi connectivity index (χ3v) is 18.7. The van der Waals surface area contributed by atoms with Crippen molar-refractivity contribution in [2.75, 3.05) is 0 Å². The summed E-state index contributed by atoms with van der Waals surface area (Å²) >= 11 is 0. The van der Waals surface area contributed by atoms with Gasteiger partial charge in [0.05, 0.1) is 45.6 Å². The number of hydrogen-bond donors (Lipinski definition) is 4. The molecule has 4 aliphatic heterocycles. The summed E-state index contributed by atoms with van der Waals surface area (Å²) in [6, 6.07) is 68.2. The Morgan fingerprint density at radius 1 is 0.170 bits per heavy atom. The van der Waals surface area contributed by atoms with Crippen molar-refractivity contribution in [1.82, 2.24) is 59.8 Å². The van der Waals surface area contributed by atoms with Crippen molar-refractivity contribution in [1.29, 1.82) is 0 Å². The molecule has 476 valence electrons. The van der Waals surface area contributed by atoms with Gasteiger partial charge in [0.15, 0.2) is 0 Å². The number of rotatable bonds is 8. The molecule has 0 amide bonds. The Hall–Kier alpha value is -13.3. The third-order valence-electron chi connectivity index (χ3n) is 18.7. The predicted octanol–water partition coefficient (Wildman–Crippen LogP) is 21.5. The van der Waals surface area contributed by atoms with Crippen molar-refractivity contribution in [3.63, 3.8) is 0 Å². The zero-order chi connectivity index (χ0) is 67.2. The lowest BCUT2D eigenvalue weighted by Gasteiger charge is -2.07. The molecule has 18 rings (SSSR count). The van der Waals surface area contributed by atoms with Gasteiger partial charge in [-0.2, -0.15) is 0 Å². The molecule has 0 saturated heterocycles. The lowest BCUT2D eigenvalue weighted by Crippen LogP contribution is -1.90. The van der Waals surface area contributed by atoms with E-state index in [0.717, 1.165) is 179 Å². The number of hydrogen-bond acceptors (Lipinski definition) is 8. The highest BCUT2D eigenvalue weighted by molar-refractivity contribution is 6.03. The number of nitrogens with zero attached hydrogens (tertiary/aromatic N) is 8. The van der Waals surface area contributed by atoms with E-state index in [9.17, 15) is 0 Å². The van der Waals surface area contributed by atoms with Crippen LogP contribution in [0.5, 0.6) is 0 Å². The van der Waals surface area contributed by atoms with E-state index in [-0.39, 0.29) is 0 Å². The number of nitrogens with one attached hydrogen (secondary N) is 4. The molecule has 12 heteroatoms. The molecule has 0 saturated carbocycles. The number of fused-ring (bicyclic) bond motifs is 16. The first-order valence-corrected chi connectivity index (χ1v) is 33.4. The quantitative estimate of drug-likeness (QED) is 0.117. The number of aromatic nitrogens is 12. The lowest BCUT2D eigenvalue weighted by atomic mass is 10.0. The van der Waals surface area contributed by atoms with E-state index >= 15 is 0 Å². The molecule has 14 heterocycles. The average molecular weight is 1290 g/mol. The Bertz CT molecular complexity index is 5280. The first kappa shape index (κ1) is 60.4. The molecule has 0 atom stereocenters. The largest absolute Gasteiger partial charge is 0.354 e. The predicted molar refractivity (Wildman–Crippen MR) is 411 cm³/mol. The normalized spacial score (nSPS) is 12.0. The Labute approximate surface area is 577 Å². The van der Waals surface area contributed by atoms with Crippen LogP contribution in [0.15, 0.2) is 244 Å². The molecule has 0 radical (unpaired) electrons. The van der Waals surface area contributed by atoms with Crippen molar-refractivity contribution in [2.24, 2.45) is 0 Å². The molecule has 12 nitrogen and oxygen atoms in total. The number of benzene rings is 4. The molecule has 0 fully saturated rings. The van der Waals surface area contributed by atoms with Gasteiger partial charge in [-0.05, 0) is 218 Å². The number of aryl methyl sites for hydroxylation is 4. The summed E-state index contributed by atoms with van der Waals surface area (Å²) in [6.07, 6.45) is 31.4. The van der Waals surface area contributed by atoms with E-state index in [1.807, 2.05) is 98.1 Å². The fraction of sp³-hybridized carbons (Fsp3) is 0.0455. The van der Waals surface area contributed by atoms with Crippen LogP contribution in [0.3, 0.4) is 0 Å². The maximum Gasteiger partial charge on any atom is 0.0737 e. The van der Waals surface area contributed by atoms with Gasteiger partial charge < -0.3 is 19.9 Å². The van der Waals surface area contributed by atoms with Gasteiger partial charge >= 0.3 is 0 Å². The Morgan fingerprint density at radius 2 is 0.310 bits per heavy atom. The minimum Gasteiger partial charge on any atom is -0.354 e. The first-order valence-electron chi connectivity index (χ1n) is 33.4. The Kier molecular flexibility index (Phi) is 15.5. The van der Waals surface area contributed by atoms with E-state index in [1.54, 1.807) is 0 Å². The highest BCUT2D eigenvalue weighted by Gasteiger charge is 2.22.